The topological polar surface area (TPSA) is 73.2 Å². The minimum absolute atomic E-state index is 0. The van der Waals surface area contributed by atoms with Gasteiger partial charge in [0.25, 0.3) is 0 Å². The fraction of sp³-hybridized carbons (Fsp3) is 0.333. The Morgan fingerprint density at radius 1 is 1.02 bits per heavy atom. The van der Waals surface area contributed by atoms with Crippen LogP contribution in [0.4, 0.5) is 0 Å². The van der Waals surface area contributed by atoms with Gasteiger partial charge in [-0.15, -0.1) is 0 Å². The van der Waals surface area contributed by atoms with Crippen LogP contribution in [0.5, 0.6) is 5.75 Å². The maximum Gasteiger partial charge on any atom is 1.00 e. The predicted molar refractivity (Wildman–Crippen MR) is 171 cm³/mol. The number of thioether (sulfide) groups is 1. The van der Waals surface area contributed by atoms with Gasteiger partial charge in [0.2, 0.25) is 0 Å². The average Bonchev–Trinajstić information content (AvgIpc) is 3.76. The summed E-state index contributed by atoms with van der Waals surface area (Å²) in [5.74, 6) is 0.162. The molecule has 1 aliphatic rings. The second-order valence-electron chi connectivity index (χ2n) is 10.6. The van der Waals surface area contributed by atoms with E-state index in [-0.39, 0.29) is 46.6 Å². The van der Waals surface area contributed by atoms with E-state index >= 15 is 0 Å². The van der Waals surface area contributed by atoms with Crippen LogP contribution < -0.4 is 34.7 Å². The Kier molecular flexibility index (Phi) is 13.2. The summed E-state index contributed by atoms with van der Waals surface area (Å²) in [5.41, 5.74) is 6.32. The van der Waals surface area contributed by atoms with Crippen molar-refractivity contribution in [1.29, 1.82) is 0 Å². The zero-order valence-corrected chi connectivity index (χ0v) is 28.1. The number of nitrogens with zero attached hydrogens (tertiary/aromatic N) is 1. The number of phenolic OH excluding ortho intramolecular Hbond substituents is 1. The van der Waals surface area contributed by atoms with Gasteiger partial charge in [0, 0.05) is 16.6 Å². The van der Waals surface area contributed by atoms with Gasteiger partial charge in [-0.3, -0.25) is 0 Å². The molecular formula is C36H40NNaO3S. The molecular weight excluding hydrogens is 549 g/mol. The number of rotatable bonds is 12. The Hall–Kier alpha value is -2.57. The third-order valence-electron chi connectivity index (χ3n) is 7.65. The smallest absolute Gasteiger partial charge is 0.550 e. The first-order chi connectivity index (χ1) is 19.9. The van der Waals surface area contributed by atoms with Gasteiger partial charge in [-0.1, -0.05) is 87.5 Å². The number of aromatic nitrogens is 1. The molecule has 214 valence electrons. The van der Waals surface area contributed by atoms with Gasteiger partial charge in [-0.25, -0.2) is 4.98 Å². The molecule has 1 heterocycles. The number of carboxylic acid groups (broad SMARTS) is 1. The molecule has 0 aliphatic heterocycles. The number of pyridine rings is 1. The number of phenols is 1. The summed E-state index contributed by atoms with van der Waals surface area (Å²) in [5, 5.41) is 22.9. The number of aromatic hydroxyl groups is 1. The summed E-state index contributed by atoms with van der Waals surface area (Å²) in [7, 11) is 0. The average molecular weight is 590 g/mol. The molecule has 1 saturated carbocycles. The fourth-order valence-corrected chi connectivity index (χ4v) is 6.59. The molecule has 1 fully saturated rings. The van der Waals surface area contributed by atoms with Gasteiger partial charge in [0.05, 0.1) is 11.2 Å². The predicted octanol–water partition coefficient (Wildman–Crippen LogP) is 5.03. The number of hydrogen-bond donors (Lipinski definition) is 1. The van der Waals surface area contributed by atoms with Crippen LogP contribution in [0.3, 0.4) is 0 Å². The molecule has 0 bridgehead atoms. The van der Waals surface area contributed by atoms with Crippen LogP contribution in [-0.2, 0) is 17.6 Å². The third kappa shape index (κ3) is 9.47. The van der Waals surface area contributed by atoms with Crippen LogP contribution in [0.2, 0.25) is 0 Å². The minimum atomic E-state index is -0.959. The van der Waals surface area contributed by atoms with Crippen molar-refractivity contribution >= 4 is 40.8 Å². The summed E-state index contributed by atoms with van der Waals surface area (Å²) >= 11 is 1.83. The van der Waals surface area contributed by atoms with E-state index in [1.54, 1.807) is 6.07 Å². The fourth-order valence-electron chi connectivity index (χ4n) is 5.02. The summed E-state index contributed by atoms with van der Waals surface area (Å²) in [6.45, 7) is 6.15. The van der Waals surface area contributed by atoms with Crippen LogP contribution in [0.1, 0.15) is 79.7 Å². The van der Waals surface area contributed by atoms with Crippen LogP contribution in [0.15, 0.2) is 78.9 Å². The van der Waals surface area contributed by atoms with Gasteiger partial charge in [-0.05, 0) is 96.2 Å². The Morgan fingerprint density at radius 2 is 1.79 bits per heavy atom. The second-order valence-corrected chi connectivity index (χ2v) is 11.8. The first kappa shape index (κ1) is 33.9. The van der Waals surface area contributed by atoms with Gasteiger partial charge < -0.3 is 15.0 Å². The molecule has 0 saturated heterocycles. The van der Waals surface area contributed by atoms with Gasteiger partial charge in [0.1, 0.15) is 5.75 Å². The van der Waals surface area contributed by atoms with Crippen LogP contribution >= 0.6 is 11.8 Å². The van der Waals surface area contributed by atoms with Crippen molar-refractivity contribution in [2.24, 2.45) is 5.41 Å². The molecule has 4 nitrogen and oxygen atoms in total. The Labute approximate surface area is 277 Å². The minimum Gasteiger partial charge on any atom is -0.550 e. The number of carbonyl (C=O) groups excluding carboxylic acids is 1. The van der Waals surface area contributed by atoms with Crippen LogP contribution in [-0.4, -0.2) is 21.8 Å². The largest absolute Gasteiger partial charge is 1.00 e. The van der Waals surface area contributed by atoms with Crippen molar-refractivity contribution in [2.45, 2.75) is 64.5 Å². The molecule has 1 aliphatic carbocycles. The van der Waals surface area contributed by atoms with E-state index in [0.717, 1.165) is 65.6 Å². The van der Waals surface area contributed by atoms with Crippen molar-refractivity contribution in [2.75, 3.05) is 5.75 Å². The van der Waals surface area contributed by atoms with E-state index in [4.69, 9.17) is 4.98 Å². The van der Waals surface area contributed by atoms with E-state index in [1.807, 2.05) is 49.9 Å². The maximum absolute atomic E-state index is 11.3. The third-order valence-corrected chi connectivity index (χ3v) is 9.34. The molecule has 0 radical (unpaired) electrons. The molecule has 0 amide bonds. The summed E-state index contributed by atoms with van der Waals surface area (Å²) in [6.07, 6.45) is 8.77. The van der Waals surface area contributed by atoms with E-state index in [9.17, 15) is 15.0 Å². The second kappa shape index (κ2) is 16.3. The molecule has 5 rings (SSSR count). The number of fused-ring (bicyclic) bond motifs is 1. The van der Waals surface area contributed by atoms with Crippen molar-refractivity contribution in [1.82, 2.24) is 4.98 Å². The molecule has 6 heteroatoms. The first-order valence-electron chi connectivity index (χ1n) is 14.7. The number of carbonyl (C=O) groups is 1. The summed E-state index contributed by atoms with van der Waals surface area (Å²) in [4.78, 5) is 16.1. The Morgan fingerprint density at radius 3 is 2.50 bits per heavy atom. The van der Waals surface area contributed by atoms with E-state index < -0.39 is 5.97 Å². The quantitative estimate of drug-likeness (QED) is 0.235. The zero-order chi connectivity index (χ0) is 29.2. The zero-order valence-electron chi connectivity index (χ0n) is 25.3. The van der Waals surface area contributed by atoms with Gasteiger partial charge >= 0.3 is 29.6 Å². The number of benzene rings is 3. The number of para-hydroxylation sites is 1. The van der Waals surface area contributed by atoms with Crippen molar-refractivity contribution in [3.8, 4) is 5.75 Å². The summed E-state index contributed by atoms with van der Waals surface area (Å²) < 4.78 is 0. The van der Waals surface area contributed by atoms with Crippen molar-refractivity contribution in [3.63, 3.8) is 0 Å². The number of aliphatic carboxylic acids is 1. The molecule has 0 unspecified atom stereocenters. The molecule has 0 spiro atoms. The number of carboxylic acids is 1. The van der Waals surface area contributed by atoms with Gasteiger partial charge in [0.15, 0.2) is 0 Å². The standard InChI is InChI=1S/C34H35NO3S.C2H6.Na/c1-2-24-10-12-26-13-16-29(35-30(26)21-24)15-11-25-6-5-8-28(20-25)32(17-14-27-7-3-4-9-31(27)36)39-23-34(18-19-34)22-33(37)38;1-2;/h3-13,15-16,20-21,32,36H,2,14,17-19,22-23H2,1H3,(H,37,38);1-2H3;/q;;+1/p-1/b15-11+;;/t32-;;/m1../s1. The molecule has 4 aromatic rings. The van der Waals surface area contributed by atoms with Crippen molar-refractivity contribution in [3.05, 3.63) is 107 Å². The molecule has 1 aromatic heterocycles. The van der Waals surface area contributed by atoms with Crippen molar-refractivity contribution < 1.29 is 44.6 Å². The Balaban J connectivity index is 0.00000158. The molecule has 1 atom stereocenters. The van der Waals surface area contributed by atoms with Crippen LogP contribution in [0, 0.1) is 5.41 Å². The van der Waals surface area contributed by atoms with Gasteiger partial charge in [-0.2, -0.15) is 11.8 Å². The normalized spacial score (nSPS) is 14.1. The molecule has 1 N–H and O–H groups in total. The SMILES string of the molecule is CC.CCc1ccc2ccc(/C=C/c3cccc([C@@H](CCc4ccccc4O)SCC4(CC(=O)[O-])CC4)c3)nc2c1.[Na+]. The van der Waals surface area contributed by atoms with Crippen LogP contribution in [0.25, 0.3) is 23.1 Å². The molecule has 42 heavy (non-hydrogen) atoms. The maximum atomic E-state index is 11.3. The summed E-state index contributed by atoms with van der Waals surface area (Å²) in [6, 6.07) is 26.6. The molecule has 3 aromatic carbocycles. The van der Waals surface area contributed by atoms with E-state index in [0.29, 0.717) is 5.75 Å². The number of aryl methyl sites for hydroxylation is 2. The Bertz CT molecular complexity index is 1500. The van der Waals surface area contributed by atoms with E-state index in [1.165, 1.54) is 11.1 Å². The first-order valence-corrected chi connectivity index (χ1v) is 15.7. The monoisotopic (exact) mass is 589 g/mol. The number of hydrogen-bond acceptors (Lipinski definition) is 5. The van der Waals surface area contributed by atoms with E-state index in [2.05, 4.69) is 67.6 Å².